The van der Waals surface area contributed by atoms with Crippen LogP contribution in [0.4, 0.5) is 0 Å². The molecule has 0 saturated carbocycles. The third kappa shape index (κ3) is 4.75. The van der Waals surface area contributed by atoms with E-state index in [1.54, 1.807) is 48.5 Å². The Morgan fingerprint density at radius 1 is 1.03 bits per heavy atom. The number of rotatable bonds is 8. The monoisotopic (exact) mass is 418 g/mol. The van der Waals surface area contributed by atoms with E-state index >= 15 is 0 Å². The number of hydrogen-bond acceptors (Lipinski definition) is 6. The number of aromatic hydroxyl groups is 2. The maximum atomic E-state index is 13.1. The number of ketones is 1. The molecule has 3 aromatic rings. The predicted octanol–water partition coefficient (Wildman–Crippen LogP) is 4.28. The molecule has 31 heavy (non-hydrogen) atoms. The quantitative estimate of drug-likeness (QED) is 0.246. The number of phenols is 2. The highest BCUT2D eigenvalue weighted by atomic mass is 16.5. The van der Waals surface area contributed by atoms with Crippen molar-refractivity contribution in [1.29, 1.82) is 0 Å². The van der Waals surface area contributed by atoms with Crippen LogP contribution in [0.15, 0.2) is 73.3 Å². The number of esters is 1. The van der Waals surface area contributed by atoms with Crippen LogP contribution in [-0.4, -0.2) is 35.7 Å². The lowest BCUT2D eigenvalue weighted by molar-refractivity contribution is -0.137. The molecule has 3 aromatic carbocycles. The van der Waals surface area contributed by atoms with Crippen molar-refractivity contribution < 1.29 is 29.3 Å². The van der Waals surface area contributed by atoms with Crippen LogP contribution in [0.2, 0.25) is 0 Å². The molecule has 0 aliphatic heterocycles. The Balaban J connectivity index is 2.06. The van der Waals surface area contributed by atoms with Gasteiger partial charge in [-0.15, -0.1) is 0 Å². The number of benzene rings is 3. The number of phenolic OH excluding ortho intramolecular Hbond substituents is 2. The van der Waals surface area contributed by atoms with Crippen molar-refractivity contribution in [2.75, 3.05) is 13.7 Å². The summed E-state index contributed by atoms with van der Waals surface area (Å²) in [6, 6.07) is 16.6. The largest absolute Gasteiger partial charge is 0.504 e. The Hall–Kier alpha value is -4.06. The smallest absolute Gasteiger partial charge is 0.330 e. The minimum atomic E-state index is -0.531. The van der Waals surface area contributed by atoms with Crippen LogP contribution in [0.1, 0.15) is 21.5 Å². The van der Waals surface area contributed by atoms with Crippen molar-refractivity contribution in [3.8, 4) is 28.4 Å². The van der Waals surface area contributed by atoms with Crippen molar-refractivity contribution in [3.05, 3.63) is 90.0 Å². The molecule has 0 amide bonds. The van der Waals surface area contributed by atoms with Crippen LogP contribution in [0, 0.1) is 0 Å². The van der Waals surface area contributed by atoms with E-state index < -0.39 is 11.7 Å². The van der Waals surface area contributed by atoms with Gasteiger partial charge in [-0.05, 0) is 35.4 Å². The first-order valence-electron chi connectivity index (χ1n) is 9.57. The topological polar surface area (TPSA) is 93.1 Å². The summed E-state index contributed by atoms with van der Waals surface area (Å²) >= 11 is 0. The van der Waals surface area contributed by atoms with Gasteiger partial charge in [0.25, 0.3) is 0 Å². The van der Waals surface area contributed by atoms with E-state index in [0.717, 1.165) is 6.08 Å². The molecular weight excluding hydrogens is 396 g/mol. The lowest BCUT2D eigenvalue weighted by Gasteiger charge is -2.15. The molecule has 0 bridgehead atoms. The number of carbonyl (C=O) groups excluding carboxylic acids is 2. The molecule has 6 nitrogen and oxygen atoms in total. The molecule has 0 heterocycles. The third-order valence-corrected chi connectivity index (χ3v) is 4.79. The summed E-state index contributed by atoms with van der Waals surface area (Å²) < 4.78 is 10.4. The first-order valence-corrected chi connectivity index (χ1v) is 9.57. The van der Waals surface area contributed by atoms with Gasteiger partial charge in [0.15, 0.2) is 17.3 Å². The summed E-state index contributed by atoms with van der Waals surface area (Å²) in [5, 5.41) is 20.7. The second-order valence-corrected chi connectivity index (χ2v) is 6.70. The summed E-state index contributed by atoms with van der Waals surface area (Å²) in [6.07, 6.45) is 1.43. The van der Waals surface area contributed by atoms with Gasteiger partial charge in [-0.1, -0.05) is 43.0 Å². The minimum Gasteiger partial charge on any atom is -0.504 e. The molecule has 0 atom stereocenters. The molecular formula is C25H22O6. The van der Waals surface area contributed by atoms with E-state index in [2.05, 4.69) is 6.58 Å². The molecule has 0 spiro atoms. The van der Waals surface area contributed by atoms with Crippen LogP contribution in [0.3, 0.4) is 0 Å². The third-order valence-electron chi connectivity index (χ3n) is 4.79. The molecule has 0 aliphatic carbocycles. The second kappa shape index (κ2) is 9.63. The summed E-state index contributed by atoms with van der Waals surface area (Å²) in [7, 11) is 1.52. The lowest BCUT2D eigenvalue weighted by atomic mass is 9.91. The maximum absolute atomic E-state index is 13.1. The highest BCUT2D eigenvalue weighted by molar-refractivity contribution is 6.13. The average molecular weight is 418 g/mol. The number of ether oxygens (including phenoxy) is 2. The van der Waals surface area contributed by atoms with E-state index in [-0.39, 0.29) is 29.3 Å². The van der Waals surface area contributed by atoms with Crippen LogP contribution in [0.5, 0.6) is 17.2 Å². The Morgan fingerprint density at radius 3 is 2.45 bits per heavy atom. The fourth-order valence-electron chi connectivity index (χ4n) is 3.26. The standard InChI is InChI=1S/C25H22O6/c1-3-22(27)31-14-13-17-15-18(9-12-21(17)30-2)23-19(10-11-20(26)25(23)29)24(28)16-7-5-4-6-8-16/h3-12,15,26,29H,1,13-14H2,2H3. The second-order valence-electron chi connectivity index (χ2n) is 6.70. The zero-order valence-corrected chi connectivity index (χ0v) is 17.0. The first-order chi connectivity index (χ1) is 15.0. The number of hydrogen-bond donors (Lipinski definition) is 2. The first kappa shape index (κ1) is 21.6. The Kier molecular flexibility index (Phi) is 6.72. The van der Waals surface area contributed by atoms with Gasteiger partial charge in [0.05, 0.1) is 13.7 Å². The van der Waals surface area contributed by atoms with Crippen molar-refractivity contribution in [1.82, 2.24) is 0 Å². The molecule has 0 fully saturated rings. The fraction of sp³-hybridized carbons (Fsp3) is 0.120. The van der Waals surface area contributed by atoms with Crippen molar-refractivity contribution >= 4 is 11.8 Å². The SMILES string of the molecule is C=CC(=O)OCCc1cc(-c2c(C(=O)c3ccccc3)ccc(O)c2O)ccc1OC. The van der Waals surface area contributed by atoms with Gasteiger partial charge in [-0.3, -0.25) is 4.79 Å². The lowest BCUT2D eigenvalue weighted by Crippen LogP contribution is -2.06. The van der Waals surface area contributed by atoms with E-state index in [1.807, 2.05) is 0 Å². The molecule has 0 unspecified atom stereocenters. The molecule has 0 saturated heterocycles. The maximum Gasteiger partial charge on any atom is 0.330 e. The Morgan fingerprint density at radius 2 is 1.77 bits per heavy atom. The van der Waals surface area contributed by atoms with Crippen LogP contribution in [0.25, 0.3) is 11.1 Å². The van der Waals surface area contributed by atoms with Gasteiger partial charge in [0.1, 0.15) is 5.75 Å². The Labute approximate surface area is 180 Å². The van der Waals surface area contributed by atoms with Crippen molar-refractivity contribution in [2.45, 2.75) is 6.42 Å². The van der Waals surface area contributed by atoms with E-state index in [1.165, 1.54) is 19.2 Å². The summed E-state index contributed by atoms with van der Waals surface area (Å²) in [5.41, 5.74) is 2.13. The highest BCUT2D eigenvalue weighted by Crippen LogP contribution is 2.41. The van der Waals surface area contributed by atoms with Gasteiger partial charge < -0.3 is 19.7 Å². The van der Waals surface area contributed by atoms with Gasteiger partial charge in [0, 0.05) is 29.2 Å². The molecule has 3 rings (SSSR count). The average Bonchev–Trinajstić information content (AvgIpc) is 2.80. The van der Waals surface area contributed by atoms with Crippen molar-refractivity contribution in [2.24, 2.45) is 0 Å². The molecule has 2 N–H and O–H groups in total. The van der Waals surface area contributed by atoms with Gasteiger partial charge >= 0.3 is 5.97 Å². The van der Waals surface area contributed by atoms with Crippen LogP contribution >= 0.6 is 0 Å². The zero-order chi connectivity index (χ0) is 22.4. The summed E-state index contributed by atoms with van der Waals surface area (Å²) in [6.45, 7) is 3.46. The molecule has 0 aliphatic rings. The predicted molar refractivity (Wildman–Crippen MR) is 116 cm³/mol. The number of methoxy groups -OCH3 is 1. The summed E-state index contributed by atoms with van der Waals surface area (Å²) in [5.74, 6) is -0.985. The zero-order valence-electron chi connectivity index (χ0n) is 17.0. The van der Waals surface area contributed by atoms with E-state index in [4.69, 9.17) is 9.47 Å². The minimum absolute atomic E-state index is 0.104. The normalized spacial score (nSPS) is 10.4. The highest BCUT2D eigenvalue weighted by Gasteiger charge is 2.21. The van der Waals surface area contributed by atoms with Gasteiger partial charge in [0.2, 0.25) is 0 Å². The molecule has 158 valence electrons. The fourth-order valence-corrected chi connectivity index (χ4v) is 3.26. The molecule has 6 heteroatoms. The Bertz CT molecular complexity index is 1120. The van der Waals surface area contributed by atoms with Gasteiger partial charge in [-0.2, -0.15) is 0 Å². The van der Waals surface area contributed by atoms with Gasteiger partial charge in [-0.25, -0.2) is 4.79 Å². The van der Waals surface area contributed by atoms with E-state index in [9.17, 15) is 19.8 Å². The van der Waals surface area contributed by atoms with Crippen LogP contribution in [-0.2, 0) is 16.0 Å². The molecule has 0 aromatic heterocycles. The van der Waals surface area contributed by atoms with E-state index in [0.29, 0.717) is 28.9 Å². The molecule has 0 radical (unpaired) electrons. The van der Waals surface area contributed by atoms with Crippen LogP contribution < -0.4 is 4.74 Å². The summed E-state index contributed by atoms with van der Waals surface area (Å²) in [4.78, 5) is 24.4. The number of carbonyl (C=O) groups is 2. The van der Waals surface area contributed by atoms with Crippen molar-refractivity contribution in [3.63, 3.8) is 0 Å².